The highest BCUT2D eigenvalue weighted by Gasteiger charge is 2.17. The Bertz CT molecular complexity index is 879. The van der Waals surface area contributed by atoms with Crippen molar-refractivity contribution < 1.29 is 13.2 Å². The number of nitrogens with zero attached hydrogens (tertiary/aromatic N) is 1. The minimum atomic E-state index is -3.44. The molecule has 2 aromatic rings. The molecule has 0 aliphatic carbocycles. The van der Waals surface area contributed by atoms with Crippen molar-refractivity contribution in [2.45, 2.75) is 26.2 Å². The summed E-state index contributed by atoms with van der Waals surface area (Å²) in [5.74, 6) is -0.233. The number of carbonyl (C=O) groups is 1. The maximum absolute atomic E-state index is 12.1. The minimum Gasteiger partial charge on any atom is -0.326 e. The van der Waals surface area contributed by atoms with Gasteiger partial charge in [0.15, 0.2) is 0 Å². The van der Waals surface area contributed by atoms with Gasteiger partial charge in [-0.3, -0.25) is 9.10 Å². The van der Waals surface area contributed by atoms with Crippen LogP contribution in [0.3, 0.4) is 0 Å². The summed E-state index contributed by atoms with van der Waals surface area (Å²) in [7, 11) is -3.44. The molecule has 0 fully saturated rings. The number of nitrogens with one attached hydrogen (secondary N) is 1. The molecular formula is C19H22Cl2N2O3S. The first-order valence-corrected chi connectivity index (χ1v) is 11.1. The zero-order chi connectivity index (χ0) is 20.0. The number of rotatable bonds is 8. The lowest BCUT2D eigenvalue weighted by molar-refractivity contribution is -0.116. The first-order valence-electron chi connectivity index (χ1n) is 8.51. The molecule has 0 aliphatic heterocycles. The van der Waals surface area contributed by atoms with Gasteiger partial charge in [0, 0.05) is 28.7 Å². The number of anilines is 2. The smallest absolute Gasteiger partial charge is 0.232 e. The summed E-state index contributed by atoms with van der Waals surface area (Å²) in [6.07, 6.45) is 2.59. The molecule has 0 aliphatic rings. The number of hydrogen-bond acceptors (Lipinski definition) is 3. The van der Waals surface area contributed by atoms with E-state index in [2.05, 4.69) is 5.32 Å². The van der Waals surface area contributed by atoms with E-state index in [9.17, 15) is 13.2 Å². The Balaban J connectivity index is 1.97. The zero-order valence-corrected chi connectivity index (χ0v) is 17.5. The molecule has 0 unspecified atom stereocenters. The third-order valence-corrected chi connectivity index (χ3v) is 5.57. The van der Waals surface area contributed by atoms with E-state index in [4.69, 9.17) is 23.2 Å². The molecule has 8 heteroatoms. The fraction of sp³-hybridized carbons (Fsp3) is 0.316. The Hall–Kier alpha value is -1.76. The predicted octanol–water partition coefficient (Wildman–Crippen LogP) is 4.74. The lowest BCUT2D eigenvalue weighted by atomic mass is 10.1. The summed E-state index contributed by atoms with van der Waals surface area (Å²) >= 11 is 11.8. The van der Waals surface area contributed by atoms with Crippen LogP contribution < -0.4 is 9.62 Å². The van der Waals surface area contributed by atoms with Crippen molar-refractivity contribution in [1.82, 2.24) is 0 Å². The molecule has 146 valence electrons. The standard InChI is InChI=1S/C19H22Cl2N2O3S/c1-3-14-6-8-18(9-7-14)23(27(2,25)26)10-4-5-19(24)22-17-12-15(20)11-16(21)13-17/h6-9,11-13H,3-5,10H2,1-2H3,(H,22,24). The van der Waals surface area contributed by atoms with Gasteiger partial charge in [0.1, 0.15) is 0 Å². The Morgan fingerprint density at radius 1 is 1.07 bits per heavy atom. The average Bonchev–Trinajstić information content (AvgIpc) is 2.57. The Labute approximate surface area is 170 Å². The number of amides is 1. The Morgan fingerprint density at radius 2 is 1.67 bits per heavy atom. The van der Waals surface area contributed by atoms with Gasteiger partial charge in [-0.2, -0.15) is 0 Å². The van der Waals surface area contributed by atoms with Crippen molar-refractivity contribution in [2.24, 2.45) is 0 Å². The number of benzene rings is 2. The summed E-state index contributed by atoms with van der Waals surface area (Å²) < 4.78 is 25.6. The second-order valence-corrected chi connectivity index (χ2v) is 8.94. The van der Waals surface area contributed by atoms with Gasteiger partial charge in [0.05, 0.1) is 11.9 Å². The zero-order valence-electron chi connectivity index (χ0n) is 15.2. The fourth-order valence-corrected chi connectivity index (χ4v) is 4.11. The number of hydrogen-bond donors (Lipinski definition) is 1. The van der Waals surface area contributed by atoms with E-state index in [1.165, 1.54) is 4.31 Å². The number of sulfonamides is 1. The number of carbonyl (C=O) groups excluding carboxylic acids is 1. The van der Waals surface area contributed by atoms with E-state index in [0.29, 0.717) is 27.8 Å². The topological polar surface area (TPSA) is 66.5 Å². The summed E-state index contributed by atoms with van der Waals surface area (Å²) in [5.41, 5.74) is 2.23. The molecule has 0 saturated carbocycles. The molecule has 1 amide bonds. The third-order valence-electron chi connectivity index (χ3n) is 3.94. The van der Waals surface area contributed by atoms with E-state index in [-0.39, 0.29) is 18.9 Å². The molecule has 2 aromatic carbocycles. The third kappa shape index (κ3) is 6.72. The lowest BCUT2D eigenvalue weighted by Gasteiger charge is -2.22. The summed E-state index contributed by atoms with van der Waals surface area (Å²) in [6, 6.07) is 12.2. The van der Waals surface area contributed by atoms with Gasteiger partial charge in [0.25, 0.3) is 0 Å². The summed E-state index contributed by atoms with van der Waals surface area (Å²) in [6.45, 7) is 2.25. The first-order chi connectivity index (χ1) is 12.7. The summed E-state index contributed by atoms with van der Waals surface area (Å²) in [4.78, 5) is 12.1. The van der Waals surface area contributed by atoms with Crippen molar-refractivity contribution >= 4 is 50.5 Å². The summed E-state index contributed by atoms with van der Waals surface area (Å²) in [5, 5.41) is 3.57. The van der Waals surface area contributed by atoms with Crippen LogP contribution in [0.1, 0.15) is 25.3 Å². The maximum Gasteiger partial charge on any atom is 0.232 e. The Morgan fingerprint density at radius 3 is 2.19 bits per heavy atom. The van der Waals surface area contributed by atoms with Crippen molar-refractivity contribution in [3.8, 4) is 0 Å². The molecular weight excluding hydrogens is 407 g/mol. The van der Waals surface area contributed by atoms with Crippen LogP contribution in [0.25, 0.3) is 0 Å². The highest BCUT2D eigenvalue weighted by atomic mass is 35.5. The van der Waals surface area contributed by atoms with Crippen molar-refractivity contribution in [1.29, 1.82) is 0 Å². The van der Waals surface area contributed by atoms with E-state index in [1.54, 1.807) is 30.3 Å². The highest BCUT2D eigenvalue weighted by molar-refractivity contribution is 7.92. The van der Waals surface area contributed by atoms with Crippen LogP contribution in [-0.4, -0.2) is 27.1 Å². The van der Waals surface area contributed by atoms with Crippen molar-refractivity contribution in [3.05, 3.63) is 58.1 Å². The minimum absolute atomic E-state index is 0.170. The highest BCUT2D eigenvalue weighted by Crippen LogP contribution is 2.23. The quantitative estimate of drug-likeness (QED) is 0.659. The molecule has 0 atom stereocenters. The van der Waals surface area contributed by atoms with Gasteiger partial charge in [-0.25, -0.2) is 8.42 Å². The fourth-order valence-electron chi connectivity index (χ4n) is 2.62. The van der Waals surface area contributed by atoms with Crippen LogP contribution >= 0.6 is 23.2 Å². The molecule has 0 radical (unpaired) electrons. The van der Waals surface area contributed by atoms with E-state index >= 15 is 0 Å². The predicted molar refractivity (Wildman–Crippen MR) is 112 cm³/mol. The van der Waals surface area contributed by atoms with E-state index in [1.807, 2.05) is 19.1 Å². The first kappa shape index (κ1) is 21.5. The number of halogens is 2. The normalized spacial score (nSPS) is 11.3. The molecule has 0 saturated heterocycles. The van der Waals surface area contributed by atoms with Gasteiger partial charge in [-0.05, 0) is 48.7 Å². The second-order valence-electron chi connectivity index (χ2n) is 6.16. The van der Waals surface area contributed by atoms with Gasteiger partial charge >= 0.3 is 0 Å². The monoisotopic (exact) mass is 428 g/mol. The van der Waals surface area contributed by atoms with Crippen LogP contribution in [-0.2, 0) is 21.2 Å². The molecule has 0 heterocycles. The molecule has 1 N–H and O–H groups in total. The average molecular weight is 429 g/mol. The molecule has 5 nitrogen and oxygen atoms in total. The van der Waals surface area contributed by atoms with E-state index in [0.717, 1.165) is 18.2 Å². The van der Waals surface area contributed by atoms with Crippen molar-refractivity contribution in [2.75, 3.05) is 22.4 Å². The van der Waals surface area contributed by atoms with Gasteiger partial charge in [-0.15, -0.1) is 0 Å². The van der Waals surface area contributed by atoms with Crippen LogP contribution in [0.5, 0.6) is 0 Å². The van der Waals surface area contributed by atoms with Crippen LogP contribution in [0.15, 0.2) is 42.5 Å². The molecule has 2 rings (SSSR count). The van der Waals surface area contributed by atoms with Gasteiger partial charge in [0.2, 0.25) is 15.9 Å². The SMILES string of the molecule is CCc1ccc(N(CCCC(=O)Nc2cc(Cl)cc(Cl)c2)S(C)(=O)=O)cc1. The van der Waals surface area contributed by atoms with Crippen molar-refractivity contribution in [3.63, 3.8) is 0 Å². The van der Waals surface area contributed by atoms with Gasteiger partial charge < -0.3 is 5.32 Å². The largest absolute Gasteiger partial charge is 0.326 e. The molecule has 0 bridgehead atoms. The molecule has 0 aromatic heterocycles. The van der Waals surface area contributed by atoms with E-state index < -0.39 is 10.0 Å². The molecule has 27 heavy (non-hydrogen) atoms. The van der Waals surface area contributed by atoms with Crippen LogP contribution in [0.4, 0.5) is 11.4 Å². The van der Waals surface area contributed by atoms with Gasteiger partial charge in [-0.1, -0.05) is 42.3 Å². The number of aryl methyl sites for hydroxylation is 1. The Kier molecular flexibility index (Phi) is 7.53. The van der Waals surface area contributed by atoms with Crippen LogP contribution in [0, 0.1) is 0 Å². The molecule has 0 spiro atoms. The van der Waals surface area contributed by atoms with Crippen LogP contribution in [0.2, 0.25) is 10.0 Å². The maximum atomic E-state index is 12.1. The lowest BCUT2D eigenvalue weighted by Crippen LogP contribution is -2.31. The second kappa shape index (κ2) is 9.44.